The van der Waals surface area contributed by atoms with Crippen molar-refractivity contribution in [3.63, 3.8) is 0 Å². The molecular weight excluding hydrogens is 793 g/mol. The number of rotatable bonds is 37. The molecule has 0 N–H and O–H groups in total. The molecule has 1 aliphatic carbocycles. The number of unbranched alkanes of at least 4 members (excludes halogenated alkanes) is 25. The molecule has 1 fully saturated rings. The van der Waals surface area contributed by atoms with Crippen LogP contribution in [0.5, 0.6) is 0 Å². The van der Waals surface area contributed by atoms with Crippen molar-refractivity contribution >= 4 is 0 Å². The molecule has 0 spiro atoms. The molecular formula is C66H140. The summed E-state index contributed by atoms with van der Waals surface area (Å²) in [4.78, 5) is 0. The van der Waals surface area contributed by atoms with Gasteiger partial charge < -0.3 is 0 Å². The van der Waals surface area contributed by atoms with Gasteiger partial charge in [-0.1, -0.05) is 352 Å². The van der Waals surface area contributed by atoms with Crippen molar-refractivity contribution in [3.05, 3.63) is 37.5 Å². The molecule has 0 amide bonds. The summed E-state index contributed by atoms with van der Waals surface area (Å²) in [5.74, 6) is 2.13. The molecule has 0 heterocycles. The fourth-order valence-electron chi connectivity index (χ4n) is 8.41. The van der Waals surface area contributed by atoms with Crippen LogP contribution < -0.4 is 0 Å². The van der Waals surface area contributed by atoms with E-state index < -0.39 is 0 Å². The lowest BCUT2D eigenvalue weighted by Crippen LogP contribution is -2.04. The summed E-state index contributed by atoms with van der Waals surface area (Å²) in [6, 6.07) is 0. The summed E-state index contributed by atoms with van der Waals surface area (Å²) in [6.45, 7) is 40.7. The first kappa shape index (κ1) is 79.4. The Morgan fingerprint density at radius 2 is 0.712 bits per heavy atom. The van der Waals surface area contributed by atoms with Crippen LogP contribution in [0.3, 0.4) is 0 Å². The average molecular weight is 934 g/mol. The molecule has 0 saturated heterocycles. The Balaban J connectivity index is -0.000000149. The fraction of sp³-hybridized carbons (Fsp3) is 0.909. The van der Waals surface area contributed by atoms with Crippen molar-refractivity contribution in [1.82, 2.24) is 0 Å². The van der Waals surface area contributed by atoms with Crippen LogP contribution in [0.15, 0.2) is 37.5 Å². The predicted molar refractivity (Wildman–Crippen MR) is 319 cm³/mol. The highest BCUT2D eigenvalue weighted by atomic mass is 14.2. The maximum Gasteiger partial charge on any atom is -0.0326 e. The minimum Gasteiger partial charge on any atom is -0.106 e. The van der Waals surface area contributed by atoms with Gasteiger partial charge in [-0.15, -0.1) is 19.7 Å². The Morgan fingerprint density at radius 1 is 0.394 bits per heavy atom. The standard InChI is InChI=1S/C28H56.C11H22.C9H18.C6H14.C5H12.C3H8.C2H6.C2H4/c1-4-7-8-9-10-11-12-13-14-15-16-17-18-19-20-21-22-23-24-27-28(25-5-2)26-6-3;1-4-5-6-7-8-9-10-11(2)3;1-2-6-9-7-4-3-5-8-9;1-3-5-6-4-2;1-3-5-4-2;1-3-2;2*1-2/h10-11,28H,4-9,12-27H2,1-3H3;2,4-10H2,1,3H3;9H,2-8H2,1H3;3-6H2,1-2H3;3-5H2,1-2H3;3H2,1-2H3;1-2H3;1-2H2/b11-10-;;;;;;;. The monoisotopic (exact) mass is 933 g/mol. The zero-order valence-electron chi connectivity index (χ0n) is 50.0. The highest BCUT2D eigenvalue weighted by molar-refractivity contribution is 4.87. The topological polar surface area (TPSA) is 0 Å². The van der Waals surface area contributed by atoms with Crippen LogP contribution in [0.2, 0.25) is 0 Å². The van der Waals surface area contributed by atoms with Crippen LogP contribution in [-0.2, 0) is 0 Å². The SMILES string of the molecule is C=C.C=C(C)CCCCCCCC.CC.CCC.CCCC1CCCCC1.CCCCC.CCCCC/C=C\CCCCCCCCCCCCCCC(CCC)CCC.CCCCCC. The van der Waals surface area contributed by atoms with Crippen LogP contribution >= 0.6 is 0 Å². The molecule has 0 radical (unpaired) electrons. The third-order valence-corrected chi connectivity index (χ3v) is 12.3. The second-order valence-electron chi connectivity index (χ2n) is 19.8. The molecule has 0 bridgehead atoms. The van der Waals surface area contributed by atoms with Gasteiger partial charge in [0.2, 0.25) is 0 Å². The van der Waals surface area contributed by atoms with Gasteiger partial charge >= 0.3 is 0 Å². The normalized spacial score (nSPS) is 11.6. The third-order valence-electron chi connectivity index (χ3n) is 12.3. The zero-order valence-corrected chi connectivity index (χ0v) is 50.0. The second kappa shape index (κ2) is 87.3. The molecule has 0 aromatic rings. The highest BCUT2D eigenvalue weighted by Gasteiger charge is 2.11. The van der Waals surface area contributed by atoms with Crippen LogP contribution in [0, 0.1) is 11.8 Å². The van der Waals surface area contributed by atoms with Gasteiger partial charge in [-0.05, 0) is 57.3 Å². The maximum absolute atomic E-state index is 3.89. The predicted octanol–water partition coefficient (Wildman–Crippen LogP) is 26.5. The van der Waals surface area contributed by atoms with Crippen LogP contribution in [0.4, 0.5) is 0 Å². The molecule has 1 aliphatic rings. The summed E-state index contributed by atoms with van der Waals surface area (Å²) in [6.07, 6.45) is 67.2. The summed E-state index contributed by atoms with van der Waals surface area (Å²) in [5.41, 5.74) is 1.33. The van der Waals surface area contributed by atoms with Crippen molar-refractivity contribution in [2.75, 3.05) is 0 Å². The van der Waals surface area contributed by atoms with E-state index in [1.54, 1.807) is 0 Å². The highest BCUT2D eigenvalue weighted by Crippen LogP contribution is 2.27. The van der Waals surface area contributed by atoms with Crippen molar-refractivity contribution in [2.45, 2.75) is 379 Å². The van der Waals surface area contributed by atoms with Gasteiger partial charge in [0, 0.05) is 0 Å². The van der Waals surface area contributed by atoms with E-state index in [-0.39, 0.29) is 0 Å². The zero-order chi connectivity index (χ0) is 51.3. The van der Waals surface area contributed by atoms with E-state index in [9.17, 15) is 0 Å². The van der Waals surface area contributed by atoms with Gasteiger partial charge in [0.05, 0.1) is 0 Å². The van der Waals surface area contributed by atoms with E-state index in [4.69, 9.17) is 0 Å². The molecule has 1 saturated carbocycles. The van der Waals surface area contributed by atoms with Gasteiger partial charge in [0.15, 0.2) is 0 Å². The summed E-state index contributed by atoms with van der Waals surface area (Å²) in [7, 11) is 0. The van der Waals surface area contributed by atoms with Gasteiger partial charge in [-0.3, -0.25) is 0 Å². The second-order valence-corrected chi connectivity index (χ2v) is 19.8. The van der Waals surface area contributed by atoms with E-state index in [1.807, 2.05) is 13.8 Å². The number of allylic oxidation sites excluding steroid dienone is 3. The lowest BCUT2D eigenvalue weighted by molar-refractivity contribution is 0.336. The van der Waals surface area contributed by atoms with Crippen LogP contribution in [-0.4, -0.2) is 0 Å². The first-order chi connectivity index (χ1) is 32.3. The molecule has 0 atom stereocenters. The first-order valence-electron chi connectivity index (χ1n) is 31.1. The van der Waals surface area contributed by atoms with E-state index in [0.717, 1.165) is 11.8 Å². The number of hydrogen-bond donors (Lipinski definition) is 0. The fourth-order valence-corrected chi connectivity index (χ4v) is 8.41. The maximum atomic E-state index is 3.89. The number of hydrogen-bond acceptors (Lipinski definition) is 0. The quantitative estimate of drug-likeness (QED) is 0.0430. The summed E-state index contributed by atoms with van der Waals surface area (Å²) >= 11 is 0. The molecule has 1 rings (SSSR count). The van der Waals surface area contributed by atoms with Gasteiger partial charge in [-0.25, -0.2) is 0 Å². The van der Waals surface area contributed by atoms with Gasteiger partial charge in [-0.2, -0.15) is 0 Å². The van der Waals surface area contributed by atoms with E-state index in [0.29, 0.717) is 0 Å². The Hall–Kier alpha value is -0.780. The lowest BCUT2D eigenvalue weighted by atomic mass is 9.86. The van der Waals surface area contributed by atoms with Crippen LogP contribution in [0.1, 0.15) is 379 Å². The van der Waals surface area contributed by atoms with E-state index >= 15 is 0 Å². The molecule has 0 aromatic carbocycles. The van der Waals surface area contributed by atoms with Crippen molar-refractivity contribution in [1.29, 1.82) is 0 Å². The van der Waals surface area contributed by atoms with E-state index in [2.05, 4.69) is 115 Å². The van der Waals surface area contributed by atoms with Gasteiger partial charge in [0.1, 0.15) is 0 Å². The van der Waals surface area contributed by atoms with Crippen molar-refractivity contribution in [2.24, 2.45) is 11.8 Å². The van der Waals surface area contributed by atoms with Crippen molar-refractivity contribution in [3.8, 4) is 0 Å². The molecule has 0 heteroatoms. The minimum absolute atomic E-state index is 1.02. The lowest BCUT2D eigenvalue weighted by Gasteiger charge is -2.20. The smallest absolute Gasteiger partial charge is 0.0326 e. The Bertz CT molecular complexity index is 710. The Labute approximate surface area is 426 Å². The molecule has 404 valence electrons. The van der Waals surface area contributed by atoms with Gasteiger partial charge in [0.25, 0.3) is 0 Å². The molecule has 0 unspecified atom stereocenters. The average Bonchev–Trinajstić information content (AvgIpc) is 3.33. The first-order valence-corrected chi connectivity index (χ1v) is 31.1. The summed E-state index contributed by atoms with van der Waals surface area (Å²) in [5, 5.41) is 0. The largest absolute Gasteiger partial charge is 0.106 e. The molecule has 66 heavy (non-hydrogen) atoms. The Kier molecular flexibility index (Phi) is 105. The molecule has 0 aliphatic heterocycles. The van der Waals surface area contributed by atoms with Crippen molar-refractivity contribution < 1.29 is 0 Å². The Morgan fingerprint density at radius 3 is 1.06 bits per heavy atom. The third kappa shape index (κ3) is 97.0. The molecule has 0 nitrogen and oxygen atoms in total. The summed E-state index contributed by atoms with van der Waals surface area (Å²) < 4.78 is 0. The molecule has 0 aromatic heterocycles. The van der Waals surface area contributed by atoms with Crippen LogP contribution in [0.25, 0.3) is 0 Å². The van der Waals surface area contributed by atoms with E-state index in [1.165, 1.54) is 288 Å². The minimum atomic E-state index is 1.02.